The van der Waals surface area contributed by atoms with Crippen LogP contribution in [0.4, 0.5) is 5.82 Å². The molecule has 2 rings (SSSR count). The fraction of sp³-hybridized carbons (Fsp3) is 0.375. The second kappa shape index (κ2) is 7.14. The SMILES string of the molecule is CCOC(=O)c1cn[nH]c1NS(=O)(=O)c1c(C)cc(OC)c(C)c1C. The number of anilines is 1. The summed E-state index contributed by atoms with van der Waals surface area (Å²) in [4.78, 5) is 12.0. The van der Waals surface area contributed by atoms with Crippen molar-refractivity contribution in [3.05, 3.63) is 34.5 Å². The number of hydrogen-bond donors (Lipinski definition) is 2. The number of benzene rings is 1. The van der Waals surface area contributed by atoms with Gasteiger partial charge in [0.1, 0.15) is 17.1 Å². The third kappa shape index (κ3) is 3.60. The van der Waals surface area contributed by atoms with Crippen LogP contribution >= 0.6 is 0 Å². The van der Waals surface area contributed by atoms with Gasteiger partial charge >= 0.3 is 5.97 Å². The van der Waals surface area contributed by atoms with E-state index < -0.39 is 16.0 Å². The molecule has 1 aromatic carbocycles. The topological polar surface area (TPSA) is 110 Å². The third-order valence-corrected chi connectivity index (χ3v) is 5.48. The Balaban J connectivity index is 2.47. The molecule has 136 valence electrons. The number of methoxy groups -OCH3 is 1. The van der Waals surface area contributed by atoms with Gasteiger partial charge in [0.25, 0.3) is 10.0 Å². The molecule has 1 aromatic heterocycles. The average Bonchev–Trinajstić information content (AvgIpc) is 2.98. The molecule has 2 N–H and O–H groups in total. The quantitative estimate of drug-likeness (QED) is 0.758. The molecule has 0 aliphatic rings. The molecule has 25 heavy (non-hydrogen) atoms. The number of sulfonamides is 1. The summed E-state index contributed by atoms with van der Waals surface area (Å²) in [6.07, 6.45) is 1.22. The van der Waals surface area contributed by atoms with Crippen molar-refractivity contribution in [1.29, 1.82) is 0 Å². The summed E-state index contributed by atoms with van der Waals surface area (Å²) >= 11 is 0. The van der Waals surface area contributed by atoms with Crippen LogP contribution in [0.25, 0.3) is 0 Å². The normalized spacial score (nSPS) is 11.2. The molecule has 9 heteroatoms. The summed E-state index contributed by atoms with van der Waals surface area (Å²) < 4.78 is 38.3. The van der Waals surface area contributed by atoms with E-state index in [1.807, 2.05) is 0 Å². The van der Waals surface area contributed by atoms with Gasteiger partial charge in [-0.3, -0.25) is 9.82 Å². The van der Waals surface area contributed by atoms with Crippen molar-refractivity contribution in [2.75, 3.05) is 18.4 Å². The first-order chi connectivity index (χ1) is 11.7. The van der Waals surface area contributed by atoms with Gasteiger partial charge in [-0.25, -0.2) is 13.2 Å². The van der Waals surface area contributed by atoms with Crippen molar-refractivity contribution >= 4 is 21.8 Å². The second-order valence-corrected chi connectivity index (χ2v) is 7.08. The van der Waals surface area contributed by atoms with Gasteiger partial charge in [-0.1, -0.05) is 0 Å². The Morgan fingerprint density at radius 3 is 2.56 bits per heavy atom. The molecular weight excluding hydrogens is 346 g/mol. The highest BCUT2D eigenvalue weighted by Gasteiger charge is 2.26. The van der Waals surface area contributed by atoms with E-state index in [1.54, 1.807) is 33.8 Å². The molecule has 8 nitrogen and oxygen atoms in total. The molecule has 0 atom stereocenters. The van der Waals surface area contributed by atoms with Crippen LogP contribution in [-0.2, 0) is 14.8 Å². The number of carbonyl (C=O) groups excluding carboxylic acids is 1. The van der Waals surface area contributed by atoms with Gasteiger partial charge in [-0.2, -0.15) is 5.10 Å². The molecule has 1 heterocycles. The Morgan fingerprint density at radius 1 is 1.28 bits per heavy atom. The molecule has 0 spiro atoms. The lowest BCUT2D eigenvalue weighted by Gasteiger charge is -2.17. The van der Waals surface area contributed by atoms with Crippen LogP contribution in [0.3, 0.4) is 0 Å². The number of nitrogens with one attached hydrogen (secondary N) is 2. The molecule has 0 amide bonds. The highest BCUT2D eigenvalue weighted by Crippen LogP contribution is 2.31. The highest BCUT2D eigenvalue weighted by molar-refractivity contribution is 7.92. The molecule has 0 saturated heterocycles. The fourth-order valence-corrected chi connectivity index (χ4v) is 4.13. The number of aromatic nitrogens is 2. The van der Waals surface area contributed by atoms with Crippen LogP contribution in [0, 0.1) is 20.8 Å². The number of rotatable bonds is 6. The van der Waals surface area contributed by atoms with Crippen molar-refractivity contribution in [3.63, 3.8) is 0 Å². The predicted molar refractivity (Wildman–Crippen MR) is 92.6 cm³/mol. The Bertz CT molecular complexity index is 903. The molecule has 2 aromatic rings. The van der Waals surface area contributed by atoms with E-state index in [0.29, 0.717) is 16.9 Å². The number of nitrogens with zero attached hydrogens (tertiary/aromatic N) is 1. The lowest BCUT2D eigenvalue weighted by atomic mass is 10.1. The van der Waals surface area contributed by atoms with Crippen molar-refractivity contribution < 1.29 is 22.7 Å². The molecule has 0 aliphatic heterocycles. The molecule has 0 radical (unpaired) electrons. The van der Waals surface area contributed by atoms with Crippen LogP contribution in [0.15, 0.2) is 17.2 Å². The first-order valence-electron chi connectivity index (χ1n) is 7.61. The summed E-state index contributed by atoms with van der Waals surface area (Å²) in [6, 6.07) is 1.66. The lowest BCUT2D eigenvalue weighted by molar-refractivity contribution is 0.0527. The molecule has 0 unspecified atom stereocenters. The monoisotopic (exact) mass is 367 g/mol. The van der Waals surface area contributed by atoms with Crippen molar-refractivity contribution in [2.45, 2.75) is 32.6 Å². The number of H-pyrrole nitrogens is 1. The van der Waals surface area contributed by atoms with E-state index in [1.165, 1.54) is 13.3 Å². The Labute approximate surface area is 146 Å². The number of hydrogen-bond acceptors (Lipinski definition) is 6. The minimum Gasteiger partial charge on any atom is -0.496 e. The first kappa shape index (κ1) is 18.8. The molecule has 0 fully saturated rings. The second-order valence-electron chi connectivity index (χ2n) is 5.46. The van der Waals surface area contributed by atoms with E-state index in [9.17, 15) is 13.2 Å². The van der Waals surface area contributed by atoms with Crippen LogP contribution in [0.2, 0.25) is 0 Å². The van der Waals surface area contributed by atoms with E-state index in [2.05, 4.69) is 14.9 Å². The maximum atomic E-state index is 12.9. The number of carbonyl (C=O) groups is 1. The van der Waals surface area contributed by atoms with Gasteiger partial charge in [-0.05, 0) is 50.5 Å². The summed E-state index contributed by atoms with van der Waals surface area (Å²) in [6.45, 7) is 7.01. The number of ether oxygens (including phenoxy) is 2. The van der Waals surface area contributed by atoms with Crippen molar-refractivity contribution in [2.24, 2.45) is 0 Å². The number of aromatic amines is 1. The summed E-state index contributed by atoms with van der Waals surface area (Å²) in [5.74, 6) is -0.0817. The number of aryl methyl sites for hydroxylation is 1. The largest absolute Gasteiger partial charge is 0.496 e. The first-order valence-corrected chi connectivity index (χ1v) is 9.09. The zero-order valence-corrected chi connectivity index (χ0v) is 15.6. The summed E-state index contributed by atoms with van der Waals surface area (Å²) in [5.41, 5.74) is 1.85. The van der Waals surface area contributed by atoms with Crippen LogP contribution in [-0.4, -0.2) is 38.3 Å². The Hall–Kier alpha value is -2.55. The van der Waals surface area contributed by atoms with E-state index in [-0.39, 0.29) is 22.9 Å². The van der Waals surface area contributed by atoms with Gasteiger partial charge in [-0.15, -0.1) is 0 Å². The van der Waals surface area contributed by atoms with Gasteiger partial charge in [0, 0.05) is 0 Å². The molecule has 0 aliphatic carbocycles. The zero-order chi connectivity index (χ0) is 18.8. The average molecular weight is 367 g/mol. The van der Waals surface area contributed by atoms with Crippen LogP contribution in [0.1, 0.15) is 34.0 Å². The minimum atomic E-state index is -3.95. The molecular formula is C16H21N3O5S. The third-order valence-electron chi connectivity index (χ3n) is 3.84. The maximum Gasteiger partial charge on any atom is 0.343 e. The standard InChI is InChI=1S/C16H21N3O5S/c1-6-24-16(20)12-8-17-18-15(12)19-25(21,22)14-9(2)7-13(23-5)10(3)11(14)4/h7-8H,6H2,1-5H3,(H2,17,18,19). The van der Waals surface area contributed by atoms with Crippen molar-refractivity contribution in [3.8, 4) is 5.75 Å². The van der Waals surface area contributed by atoms with Gasteiger partial charge < -0.3 is 9.47 Å². The summed E-state index contributed by atoms with van der Waals surface area (Å²) in [7, 11) is -2.42. The van der Waals surface area contributed by atoms with E-state index in [4.69, 9.17) is 9.47 Å². The summed E-state index contributed by atoms with van der Waals surface area (Å²) in [5, 5.41) is 6.20. The van der Waals surface area contributed by atoms with Gasteiger partial charge in [0.15, 0.2) is 0 Å². The van der Waals surface area contributed by atoms with Crippen molar-refractivity contribution in [1.82, 2.24) is 10.2 Å². The maximum absolute atomic E-state index is 12.9. The Morgan fingerprint density at radius 2 is 1.96 bits per heavy atom. The van der Waals surface area contributed by atoms with Gasteiger partial charge in [0.05, 0.1) is 24.8 Å². The fourth-order valence-electron chi connectivity index (χ4n) is 2.56. The smallest absolute Gasteiger partial charge is 0.343 e. The molecule has 0 bridgehead atoms. The minimum absolute atomic E-state index is 0.0194. The lowest BCUT2D eigenvalue weighted by Crippen LogP contribution is -2.19. The number of esters is 1. The van der Waals surface area contributed by atoms with Crippen LogP contribution < -0.4 is 9.46 Å². The predicted octanol–water partition coefficient (Wildman–Crippen LogP) is 2.32. The zero-order valence-electron chi connectivity index (χ0n) is 14.8. The highest BCUT2D eigenvalue weighted by atomic mass is 32.2. The van der Waals surface area contributed by atoms with Gasteiger partial charge in [0.2, 0.25) is 0 Å². The molecule has 0 saturated carbocycles. The van der Waals surface area contributed by atoms with E-state index in [0.717, 1.165) is 5.56 Å². The van der Waals surface area contributed by atoms with Crippen LogP contribution in [0.5, 0.6) is 5.75 Å². The van der Waals surface area contributed by atoms with E-state index >= 15 is 0 Å². The Kier molecular flexibility index (Phi) is 5.36.